The largest absolute Gasteiger partial charge is 0.469 e. The van der Waals surface area contributed by atoms with Gasteiger partial charge in [-0.2, -0.15) is 0 Å². The fraction of sp³-hybridized carbons (Fsp3) is 0.615. The van der Waals surface area contributed by atoms with Crippen molar-refractivity contribution in [2.75, 3.05) is 0 Å². The molecule has 1 amide bonds. The molecule has 0 bridgehead atoms. The van der Waals surface area contributed by atoms with Gasteiger partial charge in [-0.25, -0.2) is 9.69 Å². The number of nitrogens with zero attached hydrogens (tertiary/aromatic N) is 1. The Bertz CT molecular complexity index is 354. The topological polar surface area (TPSA) is 59.0 Å². The lowest BCUT2D eigenvalue weighted by Crippen LogP contribution is -2.37. The first-order chi connectivity index (χ1) is 8.35. The Morgan fingerprint density at radius 3 is 2.78 bits per heavy atom. The van der Waals surface area contributed by atoms with E-state index < -0.39 is 17.8 Å². The Morgan fingerprint density at radius 1 is 1.56 bits per heavy atom. The quantitative estimate of drug-likeness (QED) is 0.842. The molecule has 0 aliphatic carbocycles. The molecule has 5 nitrogen and oxygen atoms in total. The summed E-state index contributed by atoms with van der Waals surface area (Å²) in [5.74, 6) is 0. The summed E-state index contributed by atoms with van der Waals surface area (Å²) in [5, 5.41) is 9.96. The standard InChI is InChI=1S/C13H21NO4/c1-5-6-11(15)10-9-17-8-7-14(10)12(16)18-13(2,3)4/h7-9,11,15H,5-6H2,1-4H3. The van der Waals surface area contributed by atoms with Gasteiger partial charge in [0.05, 0.1) is 18.0 Å². The predicted octanol–water partition coefficient (Wildman–Crippen LogP) is 2.73. The van der Waals surface area contributed by atoms with Crippen LogP contribution in [0.25, 0.3) is 0 Å². The first-order valence-electron chi connectivity index (χ1n) is 6.07. The maximum atomic E-state index is 12.0. The van der Waals surface area contributed by atoms with Crippen LogP contribution in [0, 0.1) is 0 Å². The Hall–Kier alpha value is -1.49. The maximum absolute atomic E-state index is 12.0. The highest BCUT2D eigenvalue weighted by Crippen LogP contribution is 2.21. The number of aliphatic hydroxyl groups is 1. The van der Waals surface area contributed by atoms with E-state index in [2.05, 4.69) is 0 Å². The summed E-state index contributed by atoms with van der Waals surface area (Å²) in [6, 6.07) is 0. The van der Waals surface area contributed by atoms with Gasteiger partial charge in [0, 0.05) is 0 Å². The second-order valence-electron chi connectivity index (χ2n) is 5.12. The van der Waals surface area contributed by atoms with Crippen molar-refractivity contribution in [2.24, 2.45) is 0 Å². The SMILES string of the molecule is CCCC(O)C1=COC=CN1C(=O)OC(C)(C)C. The van der Waals surface area contributed by atoms with Gasteiger partial charge in [0.15, 0.2) is 0 Å². The molecule has 0 aromatic carbocycles. The monoisotopic (exact) mass is 255 g/mol. The minimum absolute atomic E-state index is 0.397. The summed E-state index contributed by atoms with van der Waals surface area (Å²) in [6.07, 6.45) is 4.28. The van der Waals surface area contributed by atoms with Crippen molar-refractivity contribution in [3.8, 4) is 0 Å². The molecule has 1 rings (SSSR count). The lowest BCUT2D eigenvalue weighted by Gasteiger charge is -2.29. The highest BCUT2D eigenvalue weighted by Gasteiger charge is 2.28. The van der Waals surface area contributed by atoms with E-state index in [1.807, 2.05) is 6.92 Å². The van der Waals surface area contributed by atoms with Gasteiger partial charge in [-0.3, -0.25) is 0 Å². The summed E-state index contributed by atoms with van der Waals surface area (Å²) < 4.78 is 10.3. The van der Waals surface area contributed by atoms with Crippen LogP contribution in [0.1, 0.15) is 40.5 Å². The number of carbonyl (C=O) groups is 1. The van der Waals surface area contributed by atoms with Crippen LogP contribution in [-0.4, -0.2) is 27.8 Å². The van der Waals surface area contributed by atoms with Crippen molar-refractivity contribution in [1.82, 2.24) is 4.90 Å². The molecule has 1 N–H and O–H groups in total. The second kappa shape index (κ2) is 5.91. The minimum Gasteiger partial charge on any atom is -0.469 e. The molecule has 0 fully saturated rings. The molecule has 1 heterocycles. The Labute approximate surface area is 108 Å². The zero-order valence-electron chi connectivity index (χ0n) is 11.3. The molecule has 0 spiro atoms. The Kier molecular flexibility index (Phi) is 4.78. The lowest BCUT2D eigenvalue weighted by atomic mass is 10.1. The van der Waals surface area contributed by atoms with Gasteiger partial charge in [-0.15, -0.1) is 0 Å². The van der Waals surface area contributed by atoms with Crippen molar-refractivity contribution < 1.29 is 19.4 Å². The average Bonchev–Trinajstić information content (AvgIpc) is 2.27. The number of aliphatic hydroxyl groups excluding tert-OH is 1. The molecule has 0 radical (unpaired) electrons. The molecular formula is C13H21NO4. The third-order valence-electron chi connectivity index (χ3n) is 2.25. The van der Waals surface area contributed by atoms with Gasteiger partial charge in [-0.05, 0) is 27.2 Å². The van der Waals surface area contributed by atoms with E-state index in [-0.39, 0.29) is 0 Å². The number of amides is 1. The van der Waals surface area contributed by atoms with Crippen LogP contribution in [-0.2, 0) is 9.47 Å². The fourth-order valence-electron chi connectivity index (χ4n) is 1.49. The molecule has 1 aliphatic heterocycles. The average molecular weight is 255 g/mol. The van der Waals surface area contributed by atoms with Crippen LogP contribution < -0.4 is 0 Å². The summed E-state index contributed by atoms with van der Waals surface area (Å²) in [5.41, 5.74) is -0.182. The van der Waals surface area contributed by atoms with Crippen molar-refractivity contribution in [1.29, 1.82) is 0 Å². The molecule has 18 heavy (non-hydrogen) atoms. The van der Waals surface area contributed by atoms with Gasteiger partial charge in [0.2, 0.25) is 0 Å². The van der Waals surface area contributed by atoms with Crippen LogP contribution >= 0.6 is 0 Å². The second-order valence-corrected chi connectivity index (χ2v) is 5.12. The molecule has 1 aliphatic rings. The van der Waals surface area contributed by atoms with E-state index >= 15 is 0 Å². The Morgan fingerprint density at radius 2 is 2.22 bits per heavy atom. The molecule has 1 atom stereocenters. The van der Waals surface area contributed by atoms with Gasteiger partial charge in [-0.1, -0.05) is 13.3 Å². The van der Waals surface area contributed by atoms with Crippen LogP contribution in [0.5, 0.6) is 0 Å². The van der Waals surface area contributed by atoms with E-state index in [0.717, 1.165) is 6.42 Å². The minimum atomic E-state index is -0.743. The highest BCUT2D eigenvalue weighted by atomic mass is 16.6. The third kappa shape index (κ3) is 4.07. The van der Waals surface area contributed by atoms with Crippen LogP contribution in [0.15, 0.2) is 24.4 Å². The van der Waals surface area contributed by atoms with Gasteiger partial charge in [0.1, 0.15) is 18.1 Å². The molecular weight excluding hydrogens is 234 g/mol. The van der Waals surface area contributed by atoms with Crippen LogP contribution in [0.4, 0.5) is 4.79 Å². The number of hydrogen-bond acceptors (Lipinski definition) is 4. The Balaban J connectivity index is 2.78. The lowest BCUT2D eigenvalue weighted by molar-refractivity contribution is 0.0311. The summed E-state index contributed by atoms with van der Waals surface area (Å²) in [7, 11) is 0. The predicted molar refractivity (Wildman–Crippen MR) is 67.3 cm³/mol. The van der Waals surface area contributed by atoms with E-state index in [4.69, 9.17) is 9.47 Å². The van der Waals surface area contributed by atoms with Crippen molar-refractivity contribution in [2.45, 2.75) is 52.2 Å². The molecule has 1 unspecified atom stereocenters. The summed E-state index contributed by atoms with van der Waals surface area (Å²) in [4.78, 5) is 13.3. The first-order valence-corrected chi connectivity index (χ1v) is 6.07. The smallest absolute Gasteiger partial charge is 0.419 e. The number of ether oxygens (including phenoxy) is 2. The van der Waals surface area contributed by atoms with E-state index in [1.54, 1.807) is 20.8 Å². The zero-order valence-corrected chi connectivity index (χ0v) is 11.3. The first kappa shape index (κ1) is 14.6. The van der Waals surface area contributed by atoms with E-state index in [1.165, 1.54) is 23.6 Å². The number of hydrogen-bond donors (Lipinski definition) is 1. The molecule has 102 valence electrons. The van der Waals surface area contributed by atoms with E-state index in [0.29, 0.717) is 12.1 Å². The third-order valence-corrected chi connectivity index (χ3v) is 2.25. The summed E-state index contributed by atoms with van der Waals surface area (Å²) in [6.45, 7) is 7.34. The van der Waals surface area contributed by atoms with Gasteiger partial charge in [0.25, 0.3) is 0 Å². The van der Waals surface area contributed by atoms with E-state index in [9.17, 15) is 9.90 Å². The van der Waals surface area contributed by atoms with Gasteiger partial charge >= 0.3 is 6.09 Å². The van der Waals surface area contributed by atoms with Crippen molar-refractivity contribution in [3.63, 3.8) is 0 Å². The number of carbonyl (C=O) groups excluding carboxylic acids is 1. The maximum Gasteiger partial charge on any atom is 0.419 e. The normalized spacial score (nSPS) is 16.9. The number of rotatable bonds is 3. The van der Waals surface area contributed by atoms with Crippen LogP contribution in [0.3, 0.4) is 0 Å². The molecule has 5 heteroatoms. The molecule has 0 saturated carbocycles. The van der Waals surface area contributed by atoms with Crippen molar-refractivity contribution >= 4 is 6.09 Å². The zero-order chi connectivity index (χ0) is 13.8. The van der Waals surface area contributed by atoms with Gasteiger partial charge < -0.3 is 14.6 Å². The molecule has 0 aromatic heterocycles. The fourth-order valence-corrected chi connectivity index (χ4v) is 1.49. The van der Waals surface area contributed by atoms with Crippen molar-refractivity contribution in [3.05, 3.63) is 24.4 Å². The van der Waals surface area contributed by atoms with Crippen LogP contribution in [0.2, 0.25) is 0 Å². The molecule has 0 saturated heterocycles. The highest BCUT2D eigenvalue weighted by molar-refractivity contribution is 5.72. The molecule has 0 aromatic rings. The summed E-state index contributed by atoms with van der Waals surface area (Å²) >= 11 is 0.